The van der Waals surface area contributed by atoms with E-state index in [4.69, 9.17) is 14.2 Å². The molecule has 0 amide bonds. The molecule has 0 spiro atoms. The van der Waals surface area contributed by atoms with Gasteiger partial charge in [0.1, 0.15) is 19.0 Å². The Bertz CT molecular complexity index is 734. The van der Waals surface area contributed by atoms with Crippen LogP contribution in [0.1, 0.15) is 22.8 Å². The zero-order valence-electron chi connectivity index (χ0n) is 13.0. The first-order chi connectivity index (χ1) is 11.3. The number of rotatable bonds is 5. The maximum atomic E-state index is 12.3. The van der Waals surface area contributed by atoms with Gasteiger partial charge in [0.2, 0.25) is 0 Å². The van der Waals surface area contributed by atoms with Crippen molar-refractivity contribution in [2.75, 3.05) is 19.8 Å². The number of ketones is 1. The molecular formula is C19H18O4. The van der Waals surface area contributed by atoms with Gasteiger partial charge in [-0.05, 0) is 48.9 Å². The van der Waals surface area contributed by atoms with E-state index < -0.39 is 0 Å². The highest BCUT2D eigenvalue weighted by atomic mass is 16.6. The molecule has 0 aromatic heterocycles. The molecule has 0 saturated carbocycles. The van der Waals surface area contributed by atoms with E-state index in [9.17, 15) is 4.79 Å². The molecule has 3 rings (SSSR count). The summed E-state index contributed by atoms with van der Waals surface area (Å²) in [6, 6.07) is 12.9. The van der Waals surface area contributed by atoms with Gasteiger partial charge in [-0.3, -0.25) is 4.79 Å². The first-order valence-electron chi connectivity index (χ1n) is 7.61. The Kier molecular flexibility index (Phi) is 4.62. The lowest BCUT2D eigenvalue weighted by Crippen LogP contribution is -2.15. The summed E-state index contributed by atoms with van der Waals surface area (Å²) < 4.78 is 16.4. The molecule has 0 radical (unpaired) electrons. The van der Waals surface area contributed by atoms with E-state index in [1.165, 1.54) is 0 Å². The Balaban J connectivity index is 1.74. The summed E-state index contributed by atoms with van der Waals surface area (Å²) in [5, 5.41) is 0. The summed E-state index contributed by atoms with van der Waals surface area (Å²) in [4.78, 5) is 12.3. The highest BCUT2D eigenvalue weighted by Gasteiger charge is 2.13. The van der Waals surface area contributed by atoms with Crippen LogP contribution in [0.3, 0.4) is 0 Å². The number of hydrogen-bond acceptors (Lipinski definition) is 4. The highest BCUT2D eigenvalue weighted by Crippen LogP contribution is 2.31. The lowest BCUT2D eigenvalue weighted by molar-refractivity contribution is 0.104. The molecule has 0 aliphatic carbocycles. The van der Waals surface area contributed by atoms with E-state index in [0.29, 0.717) is 36.9 Å². The van der Waals surface area contributed by atoms with Gasteiger partial charge < -0.3 is 14.2 Å². The SMILES string of the molecule is CCOc1cccc(/C=C/C(=O)c2ccc3c(c2)OCCO3)c1. The van der Waals surface area contributed by atoms with Crippen molar-refractivity contribution in [3.8, 4) is 17.2 Å². The Morgan fingerprint density at radius 3 is 2.78 bits per heavy atom. The van der Waals surface area contributed by atoms with Gasteiger partial charge in [0.05, 0.1) is 6.61 Å². The van der Waals surface area contributed by atoms with Gasteiger partial charge in [-0.1, -0.05) is 18.2 Å². The van der Waals surface area contributed by atoms with E-state index in [-0.39, 0.29) is 5.78 Å². The predicted octanol–water partition coefficient (Wildman–Crippen LogP) is 3.75. The molecule has 0 unspecified atom stereocenters. The number of fused-ring (bicyclic) bond motifs is 1. The van der Waals surface area contributed by atoms with Crippen LogP contribution in [0.25, 0.3) is 6.08 Å². The van der Waals surface area contributed by atoms with Gasteiger partial charge >= 0.3 is 0 Å². The van der Waals surface area contributed by atoms with E-state index in [2.05, 4.69) is 0 Å². The molecule has 1 aliphatic rings. The number of ether oxygens (including phenoxy) is 3. The van der Waals surface area contributed by atoms with Crippen LogP contribution >= 0.6 is 0 Å². The minimum Gasteiger partial charge on any atom is -0.494 e. The number of hydrogen-bond donors (Lipinski definition) is 0. The van der Waals surface area contributed by atoms with Crippen molar-refractivity contribution in [1.82, 2.24) is 0 Å². The van der Waals surface area contributed by atoms with Crippen LogP contribution in [0, 0.1) is 0 Å². The Labute approximate surface area is 135 Å². The van der Waals surface area contributed by atoms with Gasteiger partial charge in [-0.15, -0.1) is 0 Å². The minimum absolute atomic E-state index is 0.0798. The molecule has 0 atom stereocenters. The third kappa shape index (κ3) is 3.72. The molecule has 2 aromatic carbocycles. The maximum absolute atomic E-state index is 12.3. The van der Waals surface area contributed by atoms with Gasteiger partial charge in [0.25, 0.3) is 0 Å². The third-order valence-corrected chi connectivity index (χ3v) is 3.42. The Morgan fingerprint density at radius 2 is 1.96 bits per heavy atom. The zero-order valence-corrected chi connectivity index (χ0v) is 13.0. The minimum atomic E-state index is -0.0798. The van der Waals surface area contributed by atoms with Crippen LogP contribution in [0.2, 0.25) is 0 Å². The summed E-state index contributed by atoms with van der Waals surface area (Å²) >= 11 is 0. The summed E-state index contributed by atoms with van der Waals surface area (Å²) in [5.74, 6) is 2.01. The average molecular weight is 310 g/mol. The molecular weight excluding hydrogens is 292 g/mol. The molecule has 2 aromatic rings. The number of carbonyl (C=O) groups is 1. The summed E-state index contributed by atoms with van der Waals surface area (Å²) in [7, 11) is 0. The molecule has 4 nitrogen and oxygen atoms in total. The van der Waals surface area contributed by atoms with Gasteiger partial charge in [0, 0.05) is 5.56 Å². The molecule has 1 aliphatic heterocycles. The van der Waals surface area contributed by atoms with Crippen molar-refractivity contribution < 1.29 is 19.0 Å². The average Bonchev–Trinajstić information content (AvgIpc) is 2.60. The van der Waals surface area contributed by atoms with Crippen molar-refractivity contribution in [2.24, 2.45) is 0 Å². The molecule has 118 valence electrons. The van der Waals surface area contributed by atoms with Crippen LogP contribution in [0.15, 0.2) is 48.5 Å². The van der Waals surface area contributed by atoms with Crippen molar-refractivity contribution in [2.45, 2.75) is 6.92 Å². The van der Waals surface area contributed by atoms with Crippen molar-refractivity contribution in [1.29, 1.82) is 0 Å². The van der Waals surface area contributed by atoms with E-state index in [1.807, 2.05) is 31.2 Å². The largest absolute Gasteiger partial charge is 0.494 e. The summed E-state index contributed by atoms with van der Waals surface area (Å²) in [6.07, 6.45) is 3.33. The molecule has 0 fully saturated rings. The highest BCUT2D eigenvalue weighted by molar-refractivity contribution is 6.07. The standard InChI is InChI=1S/C19H18O4/c1-2-21-16-5-3-4-14(12-16)6-8-17(20)15-7-9-18-19(13-15)23-11-10-22-18/h3-9,12-13H,2,10-11H2,1H3/b8-6+. The van der Waals surface area contributed by atoms with Crippen LogP contribution < -0.4 is 14.2 Å². The molecule has 0 saturated heterocycles. The lowest BCUT2D eigenvalue weighted by Gasteiger charge is -2.18. The number of benzene rings is 2. The lowest BCUT2D eigenvalue weighted by atomic mass is 10.1. The molecule has 23 heavy (non-hydrogen) atoms. The zero-order chi connectivity index (χ0) is 16.1. The first kappa shape index (κ1) is 15.2. The topological polar surface area (TPSA) is 44.8 Å². The molecule has 0 bridgehead atoms. The van der Waals surface area contributed by atoms with Gasteiger partial charge in [-0.2, -0.15) is 0 Å². The molecule has 0 N–H and O–H groups in total. The van der Waals surface area contributed by atoms with Crippen LogP contribution in [-0.2, 0) is 0 Å². The van der Waals surface area contributed by atoms with Crippen molar-refractivity contribution in [3.05, 3.63) is 59.7 Å². The second-order valence-corrected chi connectivity index (χ2v) is 5.06. The van der Waals surface area contributed by atoms with Crippen LogP contribution in [0.5, 0.6) is 17.2 Å². The van der Waals surface area contributed by atoms with Gasteiger partial charge in [0.15, 0.2) is 17.3 Å². The van der Waals surface area contributed by atoms with Crippen LogP contribution in [-0.4, -0.2) is 25.6 Å². The number of allylic oxidation sites excluding steroid dienone is 1. The van der Waals surface area contributed by atoms with Gasteiger partial charge in [-0.25, -0.2) is 0 Å². The van der Waals surface area contributed by atoms with E-state index >= 15 is 0 Å². The fourth-order valence-corrected chi connectivity index (χ4v) is 2.34. The van der Waals surface area contributed by atoms with Crippen molar-refractivity contribution in [3.63, 3.8) is 0 Å². The van der Waals surface area contributed by atoms with E-state index in [1.54, 1.807) is 30.4 Å². The molecule has 1 heterocycles. The summed E-state index contributed by atoms with van der Waals surface area (Å²) in [5.41, 5.74) is 1.49. The fraction of sp³-hybridized carbons (Fsp3) is 0.211. The smallest absolute Gasteiger partial charge is 0.185 e. The van der Waals surface area contributed by atoms with E-state index in [0.717, 1.165) is 11.3 Å². The quantitative estimate of drug-likeness (QED) is 0.623. The number of carbonyl (C=O) groups excluding carboxylic acids is 1. The maximum Gasteiger partial charge on any atom is 0.185 e. The normalized spacial score (nSPS) is 13.1. The first-order valence-corrected chi connectivity index (χ1v) is 7.61. The Morgan fingerprint density at radius 1 is 1.13 bits per heavy atom. The predicted molar refractivity (Wildman–Crippen MR) is 88.4 cm³/mol. The third-order valence-electron chi connectivity index (χ3n) is 3.42. The second kappa shape index (κ2) is 7.01. The van der Waals surface area contributed by atoms with Crippen molar-refractivity contribution >= 4 is 11.9 Å². The summed E-state index contributed by atoms with van der Waals surface area (Å²) in [6.45, 7) is 3.60. The second-order valence-electron chi connectivity index (χ2n) is 5.06. The molecule has 4 heteroatoms. The monoisotopic (exact) mass is 310 g/mol. The van der Waals surface area contributed by atoms with Crippen LogP contribution in [0.4, 0.5) is 0 Å². The fourth-order valence-electron chi connectivity index (χ4n) is 2.34. The Hall–Kier alpha value is -2.75.